The minimum atomic E-state index is -3.55. The fourth-order valence-electron chi connectivity index (χ4n) is 1.44. The third-order valence-corrected chi connectivity index (χ3v) is 4.19. The van der Waals surface area contributed by atoms with Crippen molar-refractivity contribution in [3.63, 3.8) is 0 Å². The Balaban J connectivity index is 2.44. The van der Waals surface area contributed by atoms with Crippen molar-refractivity contribution in [3.8, 4) is 5.75 Å². The van der Waals surface area contributed by atoms with Gasteiger partial charge in [-0.2, -0.15) is 0 Å². The Labute approximate surface area is 105 Å². The van der Waals surface area contributed by atoms with Gasteiger partial charge in [0.1, 0.15) is 11.6 Å². The van der Waals surface area contributed by atoms with Crippen molar-refractivity contribution in [2.24, 2.45) is 0 Å². The average Bonchev–Trinajstić information content (AvgIpc) is 2.39. The van der Waals surface area contributed by atoms with Crippen LogP contribution in [0.15, 0.2) is 52.4 Å². The SMILES string of the molecule is COc1ccc(S(=O)(=O)c2ccc(N)nc2)cc1. The maximum atomic E-state index is 12.2. The second kappa shape index (κ2) is 4.66. The van der Waals surface area contributed by atoms with Crippen LogP contribution in [0.2, 0.25) is 0 Å². The monoisotopic (exact) mass is 264 g/mol. The number of methoxy groups -OCH3 is 1. The molecule has 0 fully saturated rings. The normalized spacial score (nSPS) is 11.2. The average molecular weight is 264 g/mol. The van der Waals surface area contributed by atoms with E-state index in [2.05, 4.69) is 4.98 Å². The molecule has 0 amide bonds. The number of benzene rings is 1. The highest BCUT2D eigenvalue weighted by Gasteiger charge is 2.17. The van der Waals surface area contributed by atoms with E-state index in [1.165, 1.54) is 37.6 Å². The molecule has 1 aromatic heterocycles. The van der Waals surface area contributed by atoms with Crippen molar-refractivity contribution in [2.45, 2.75) is 9.79 Å². The molecule has 1 heterocycles. The number of aromatic nitrogens is 1. The van der Waals surface area contributed by atoms with Crippen LogP contribution in [0, 0.1) is 0 Å². The van der Waals surface area contributed by atoms with Gasteiger partial charge in [0.25, 0.3) is 0 Å². The van der Waals surface area contributed by atoms with Crippen molar-refractivity contribution >= 4 is 15.7 Å². The van der Waals surface area contributed by atoms with Crippen LogP contribution in [-0.2, 0) is 9.84 Å². The lowest BCUT2D eigenvalue weighted by molar-refractivity contribution is 0.414. The van der Waals surface area contributed by atoms with Gasteiger partial charge in [-0.3, -0.25) is 0 Å². The minimum absolute atomic E-state index is 0.113. The van der Waals surface area contributed by atoms with Gasteiger partial charge in [0, 0.05) is 6.20 Å². The Bertz CT molecular complexity index is 634. The van der Waals surface area contributed by atoms with Crippen LogP contribution in [0.25, 0.3) is 0 Å². The van der Waals surface area contributed by atoms with Crippen LogP contribution in [0.5, 0.6) is 5.75 Å². The van der Waals surface area contributed by atoms with Gasteiger partial charge < -0.3 is 10.5 Å². The lowest BCUT2D eigenvalue weighted by Crippen LogP contribution is -2.03. The van der Waals surface area contributed by atoms with E-state index in [9.17, 15) is 8.42 Å². The van der Waals surface area contributed by atoms with Crippen molar-refractivity contribution in [1.82, 2.24) is 4.98 Å². The molecule has 0 saturated heterocycles. The first-order chi connectivity index (χ1) is 8.54. The highest BCUT2D eigenvalue weighted by molar-refractivity contribution is 7.91. The zero-order chi connectivity index (χ0) is 13.2. The molecular formula is C12H12N2O3S. The first-order valence-corrected chi connectivity index (χ1v) is 6.63. The summed E-state index contributed by atoms with van der Waals surface area (Å²) < 4.78 is 29.4. The number of hydrogen-bond donors (Lipinski definition) is 1. The molecule has 5 nitrogen and oxygen atoms in total. The van der Waals surface area contributed by atoms with Gasteiger partial charge >= 0.3 is 0 Å². The molecule has 0 radical (unpaired) electrons. The summed E-state index contributed by atoms with van der Waals surface area (Å²) in [5.74, 6) is 0.882. The van der Waals surface area contributed by atoms with E-state index in [4.69, 9.17) is 10.5 Å². The number of nitrogen functional groups attached to an aromatic ring is 1. The van der Waals surface area contributed by atoms with Crippen LogP contribution >= 0.6 is 0 Å². The second-order valence-electron chi connectivity index (χ2n) is 3.60. The first kappa shape index (κ1) is 12.4. The van der Waals surface area contributed by atoms with Crippen molar-refractivity contribution < 1.29 is 13.2 Å². The Hall–Kier alpha value is -2.08. The maximum Gasteiger partial charge on any atom is 0.208 e. The number of nitrogens with zero attached hydrogens (tertiary/aromatic N) is 1. The number of sulfone groups is 1. The van der Waals surface area contributed by atoms with Gasteiger partial charge in [-0.1, -0.05) is 0 Å². The summed E-state index contributed by atoms with van der Waals surface area (Å²) in [5, 5.41) is 0. The number of pyridine rings is 1. The number of rotatable bonds is 3. The summed E-state index contributed by atoms with van der Waals surface area (Å²) in [6.07, 6.45) is 1.24. The quantitative estimate of drug-likeness (QED) is 0.908. The third-order valence-electron chi connectivity index (χ3n) is 2.44. The molecule has 0 saturated carbocycles. The van der Waals surface area contributed by atoms with Crippen LogP contribution in [0.3, 0.4) is 0 Å². The number of anilines is 1. The van der Waals surface area contributed by atoms with E-state index in [1.807, 2.05) is 0 Å². The van der Waals surface area contributed by atoms with Crippen LogP contribution in [0.1, 0.15) is 0 Å². The summed E-state index contributed by atoms with van der Waals surface area (Å²) in [6, 6.07) is 9.06. The smallest absolute Gasteiger partial charge is 0.208 e. The predicted molar refractivity (Wildman–Crippen MR) is 67.1 cm³/mol. The summed E-state index contributed by atoms with van der Waals surface area (Å²) in [4.78, 5) is 4.08. The van der Waals surface area contributed by atoms with Gasteiger partial charge in [0.05, 0.1) is 16.9 Å². The Kier molecular flexibility index (Phi) is 3.20. The second-order valence-corrected chi connectivity index (χ2v) is 5.55. The molecule has 0 spiro atoms. The molecule has 2 N–H and O–H groups in total. The maximum absolute atomic E-state index is 12.2. The molecule has 6 heteroatoms. The molecule has 1 aromatic carbocycles. The zero-order valence-electron chi connectivity index (χ0n) is 9.70. The molecule has 0 atom stereocenters. The molecule has 94 valence electrons. The van der Waals surface area contributed by atoms with Crippen molar-refractivity contribution in [2.75, 3.05) is 12.8 Å². The predicted octanol–water partition coefficient (Wildman–Crippen LogP) is 1.51. The molecule has 0 aliphatic rings. The van der Waals surface area contributed by atoms with Crippen LogP contribution in [-0.4, -0.2) is 20.5 Å². The van der Waals surface area contributed by atoms with Gasteiger partial charge in [0.2, 0.25) is 9.84 Å². The molecule has 0 bridgehead atoms. The van der Waals surface area contributed by atoms with Crippen LogP contribution < -0.4 is 10.5 Å². The van der Waals surface area contributed by atoms with E-state index >= 15 is 0 Å². The van der Waals surface area contributed by atoms with E-state index in [-0.39, 0.29) is 15.6 Å². The van der Waals surface area contributed by atoms with Gasteiger partial charge in [-0.05, 0) is 36.4 Å². The topological polar surface area (TPSA) is 82.3 Å². The van der Waals surface area contributed by atoms with E-state index in [0.717, 1.165) is 0 Å². The largest absolute Gasteiger partial charge is 0.497 e. The minimum Gasteiger partial charge on any atom is -0.497 e. The first-order valence-electron chi connectivity index (χ1n) is 5.15. The van der Waals surface area contributed by atoms with Gasteiger partial charge in [-0.15, -0.1) is 0 Å². The standard InChI is InChI=1S/C12H12N2O3S/c1-17-9-2-4-10(5-3-9)18(15,16)11-6-7-12(13)14-8-11/h2-8H,1H3,(H2,13,14). The molecule has 0 aliphatic carbocycles. The van der Waals surface area contributed by atoms with Crippen LogP contribution in [0.4, 0.5) is 5.82 Å². The summed E-state index contributed by atoms with van der Waals surface area (Å²) in [5.41, 5.74) is 5.42. The Morgan fingerprint density at radius 2 is 1.67 bits per heavy atom. The molecule has 0 aliphatic heterocycles. The highest BCUT2D eigenvalue weighted by atomic mass is 32.2. The zero-order valence-corrected chi connectivity index (χ0v) is 10.5. The van der Waals surface area contributed by atoms with E-state index < -0.39 is 9.84 Å². The summed E-state index contributed by atoms with van der Waals surface area (Å²) in [6.45, 7) is 0. The Morgan fingerprint density at radius 3 is 2.17 bits per heavy atom. The third kappa shape index (κ3) is 2.28. The number of ether oxygens (including phenoxy) is 1. The molecular weight excluding hydrogens is 252 g/mol. The lowest BCUT2D eigenvalue weighted by Gasteiger charge is -2.05. The van der Waals surface area contributed by atoms with E-state index in [0.29, 0.717) is 5.75 Å². The van der Waals surface area contributed by atoms with Gasteiger partial charge in [-0.25, -0.2) is 13.4 Å². The van der Waals surface area contributed by atoms with E-state index in [1.54, 1.807) is 12.1 Å². The Morgan fingerprint density at radius 1 is 1.06 bits per heavy atom. The highest BCUT2D eigenvalue weighted by Crippen LogP contribution is 2.22. The van der Waals surface area contributed by atoms with Gasteiger partial charge in [0.15, 0.2) is 0 Å². The lowest BCUT2D eigenvalue weighted by atomic mass is 10.3. The summed E-state index contributed by atoms with van der Waals surface area (Å²) >= 11 is 0. The molecule has 2 aromatic rings. The molecule has 18 heavy (non-hydrogen) atoms. The summed E-state index contributed by atoms with van der Waals surface area (Å²) in [7, 11) is -2.03. The van der Waals surface area contributed by atoms with Crippen molar-refractivity contribution in [3.05, 3.63) is 42.6 Å². The molecule has 0 unspecified atom stereocenters. The fraction of sp³-hybridized carbons (Fsp3) is 0.0833. The number of nitrogens with two attached hydrogens (primary N) is 1. The fourth-order valence-corrected chi connectivity index (χ4v) is 2.65. The van der Waals surface area contributed by atoms with Crippen molar-refractivity contribution in [1.29, 1.82) is 0 Å². The molecule has 2 rings (SSSR count). The number of hydrogen-bond acceptors (Lipinski definition) is 5.